The van der Waals surface area contributed by atoms with Gasteiger partial charge in [-0.1, -0.05) is 24.3 Å². The number of esters is 1. The molecule has 0 radical (unpaired) electrons. The summed E-state index contributed by atoms with van der Waals surface area (Å²) in [7, 11) is 0. The molecular weight excluding hydrogens is 208 g/mol. The Morgan fingerprint density at radius 1 is 1.38 bits per heavy atom. The summed E-state index contributed by atoms with van der Waals surface area (Å²) < 4.78 is 4.94. The molecule has 0 spiro atoms. The normalized spacial score (nSPS) is 8.31. The lowest BCUT2D eigenvalue weighted by molar-refractivity contribution is -0.135. The van der Waals surface area contributed by atoms with Gasteiger partial charge in [-0.05, 0) is 12.1 Å². The number of para-hydroxylation sites is 1. The van der Waals surface area contributed by atoms with E-state index in [0.717, 1.165) is 6.92 Å². The standard InChI is InChI=1S/C10H10O2.C2H4O2/c1-2-6-10(11)12-9-7-4-3-5-8-9;1-2(3)4/h2-5,7-8H,1,6H2;1H3,(H,3,4). The quantitative estimate of drug-likeness (QED) is 0.484. The van der Waals surface area contributed by atoms with Gasteiger partial charge in [-0.3, -0.25) is 9.59 Å². The van der Waals surface area contributed by atoms with Gasteiger partial charge in [0.2, 0.25) is 0 Å². The van der Waals surface area contributed by atoms with E-state index >= 15 is 0 Å². The number of hydrogen-bond acceptors (Lipinski definition) is 3. The smallest absolute Gasteiger partial charge is 0.315 e. The average Bonchev–Trinajstić information content (AvgIpc) is 2.18. The van der Waals surface area contributed by atoms with Gasteiger partial charge in [-0.2, -0.15) is 0 Å². The van der Waals surface area contributed by atoms with Gasteiger partial charge in [-0.25, -0.2) is 0 Å². The molecule has 0 aromatic heterocycles. The lowest BCUT2D eigenvalue weighted by Gasteiger charge is -2.00. The first-order chi connectivity index (χ1) is 7.56. The molecule has 1 rings (SSSR count). The Labute approximate surface area is 94.2 Å². The van der Waals surface area contributed by atoms with E-state index in [0.29, 0.717) is 5.75 Å². The van der Waals surface area contributed by atoms with E-state index in [4.69, 9.17) is 14.6 Å². The fourth-order valence-corrected chi connectivity index (χ4v) is 0.780. The number of aliphatic carboxylic acids is 1. The predicted molar refractivity (Wildman–Crippen MR) is 60.2 cm³/mol. The zero-order valence-corrected chi connectivity index (χ0v) is 9.05. The maximum atomic E-state index is 10.9. The van der Waals surface area contributed by atoms with Gasteiger partial charge in [0, 0.05) is 6.92 Å². The van der Waals surface area contributed by atoms with E-state index in [1.807, 2.05) is 18.2 Å². The highest BCUT2D eigenvalue weighted by molar-refractivity contribution is 5.73. The molecule has 0 bridgehead atoms. The zero-order valence-electron chi connectivity index (χ0n) is 9.05. The highest BCUT2D eigenvalue weighted by Crippen LogP contribution is 2.08. The van der Waals surface area contributed by atoms with Crippen LogP contribution in [0.2, 0.25) is 0 Å². The van der Waals surface area contributed by atoms with E-state index in [9.17, 15) is 4.79 Å². The predicted octanol–water partition coefficient (Wildman–Crippen LogP) is 2.26. The number of carboxylic acids is 1. The van der Waals surface area contributed by atoms with Crippen molar-refractivity contribution in [1.29, 1.82) is 0 Å². The van der Waals surface area contributed by atoms with Crippen LogP contribution in [0.4, 0.5) is 0 Å². The number of rotatable bonds is 3. The molecule has 4 nitrogen and oxygen atoms in total. The van der Waals surface area contributed by atoms with E-state index in [-0.39, 0.29) is 12.4 Å². The Bertz CT molecular complexity index is 339. The fourth-order valence-electron chi connectivity index (χ4n) is 0.780. The molecule has 0 fully saturated rings. The van der Waals surface area contributed by atoms with Crippen LogP contribution in [0.15, 0.2) is 43.0 Å². The summed E-state index contributed by atoms with van der Waals surface area (Å²) >= 11 is 0. The van der Waals surface area contributed by atoms with Crippen LogP contribution in [-0.2, 0) is 9.59 Å². The minimum atomic E-state index is -0.833. The van der Waals surface area contributed by atoms with Crippen molar-refractivity contribution in [2.45, 2.75) is 13.3 Å². The first-order valence-corrected chi connectivity index (χ1v) is 4.62. The maximum Gasteiger partial charge on any atom is 0.315 e. The van der Waals surface area contributed by atoms with Gasteiger partial charge in [0.1, 0.15) is 5.75 Å². The minimum Gasteiger partial charge on any atom is -0.481 e. The van der Waals surface area contributed by atoms with Crippen molar-refractivity contribution in [2.75, 3.05) is 0 Å². The van der Waals surface area contributed by atoms with Crippen LogP contribution in [0.5, 0.6) is 5.75 Å². The third-order valence-corrected chi connectivity index (χ3v) is 1.29. The molecule has 0 unspecified atom stereocenters. The highest BCUT2D eigenvalue weighted by atomic mass is 16.5. The SMILES string of the molecule is C=CCC(=O)Oc1ccccc1.CC(=O)O. The zero-order chi connectivity index (χ0) is 12.4. The summed E-state index contributed by atoms with van der Waals surface area (Å²) in [6.07, 6.45) is 1.76. The third kappa shape index (κ3) is 8.50. The van der Waals surface area contributed by atoms with Crippen molar-refractivity contribution in [2.24, 2.45) is 0 Å². The molecule has 1 aromatic rings. The largest absolute Gasteiger partial charge is 0.481 e. The Kier molecular flexibility index (Phi) is 7.15. The van der Waals surface area contributed by atoms with Crippen LogP contribution in [0, 0.1) is 0 Å². The van der Waals surface area contributed by atoms with E-state index in [1.54, 1.807) is 12.1 Å². The molecular formula is C12H14O4. The van der Waals surface area contributed by atoms with Gasteiger partial charge in [-0.15, -0.1) is 6.58 Å². The second-order valence-electron chi connectivity index (χ2n) is 2.80. The topological polar surface area (TPSA) is 63.6 Å². The summed E-state index contributed by atoms with van der Waals surface area (Å²) in [5.74, 6) is -0.541. The monoisotopic (exact) mass is 222 g/mol. The van der Waals surface area contributed by atoms with Crippen molar-refractivity contribution >= 4 is 11.9 Å². The Morgan fingerprint density at radius 2 is 1.88 bits per heavy atom. The van der Waals surface area contributed by atoms with Crippen LogP contribution in [0.1, 0.15) is 13.3 Å². The van der Waals surface area contributed by atoms with Crippen LogP contribution in [0.25, 0.3) is 0 Å². The molecule has 86 valence electrons. The number of carbonyl (C=O) groups is 2. The first kappa shape index (κ1) is 13.9. The molecule has 0 atom stereocenters. The van der Waals surface area contributed by atoms with Crippen molar-refractivity contribution < 1.29 is 19.4 Å². The minimum absolute atomic E-state index is 0.245. The van der Waals surface area contributed by atoms with Gasteiger partial charge in [0.05, 0.1) is 6.42 Å². The summed E-state index contributed by atoms with van der Waals surface area (Å²) in [4.78, 5) is 19.9. The highest BCUT2D eigenvalue weighted by Gasteiger charge is 1.99. The Hall–Kier alpha value is -2.10. The molecule has 1 aromatic carbocycles. The average molecular weight is 222 g/mol. The fraction of sp³-hybridized carbons (Fsp3) is 0.167. The van der Waals surface area contributed by atoms with Crippen LogP contribution in [0.3, 0.4) is 0 Å². The number of hydrogen-bond donors (Lipinski definition) is 1. The number of benzene rings is 1. The van der Waals surface area contributed by atoms with E-state index in [2.05, 4.69) is 6.58 Å². The third-order valence-electron chi connectivity index (χ3n) is 1.29. The molecule has 0 heterocycles. The van der Waals surface area contributed by atoms with Crippen molar-refractivity contribution in [3.05, 3.63) is 43.0 Å². The van der Waals surface area contributed by atoms with Crippen molar-refractivity contribution in [3.63, 3.8) is 0 Å². The molecule has 0 saturated heterocycles. The molecule has 1 N–H and O–H groups in total. The Balaban J connectivity index is 0.000000487. The molecule has 0 aliphatic carbocycles. The second kappa shape index (κ2) is 8.23. The molecule has 16 heavy (non-hydrogen) atoms. The molecule has 4 heteroatoms. The van der Waals surface area contributed by atoms with Gasteiger partial charge >= 0.3 is 5.97 Å². The molecule has 0 aliphatic heterocycles. The van der Waals surface area contributed by atoms with Crippen LogP contribution >= 0.6 is 0 Å². The number of ether oxygens (including phenoxy) is 1. The van der Waals surface area contributed by atoms with Gasteiger partial charge in [0.25, 0.3) is 5.97 Å². The van der Waals surface area contributed by atoms with Crippen LogP contribution < -0.4 is 4.74 Å². The summed E-state index contributed by atoms with van der Waals surface area (Å²) in [6, 6.07) is 8.97. The summed E-state index contributed by atoms with van der Waals surface area (Å²) in [5, 5.41) is 7.42. The Morgan fingerprint density at radius 3 is 2.31 bits per heavy atom. The van der Waals surface area contributed by atoms with E-state index < -0.39 is 5.97 Å². The molecule has 0 amide bonds. The number of carboxylic acid groups (broad SMARTS) is 1. The number of carbonyl (C=O) groups excluding carboxylic acids is 1. The first-order valence-electron chi connectivity index (χ1n) is 4.62. The van der Waals surface area contributed by atoms with Crippen LogP contribution in [-0.4, -0.2) is 17.0 Å². The molecule has 0 saturated carbocycles. The summed E-state index contributed by atoms with van der Waals surface area (Å²) in [6.45, 7) is 4.52. The second-order valence-corrected chi connectivity index (χ2v) is 2.80. The molecule has 0 aliphatic rings. The lowest BCUT2D eigenvalue weighted by Crippen LogP contribution is -2.05. The lowest BCUT2D eigenvalue weighted by atomic mass is 10.3. The van der Waals surface area contributed by atoms with E-state index in [1.165, 1.54) is 6.08 Å². The summed E-state index contributed by atoms with van der Waals surface area (Å²) in [5.41, 5.74) is 0. The van der Waals surface area contributed by atoms with Gasteiger partial charge < -0.3 is 9.84 Å². The van der Waals surface area contributed by atoms with Crippen molar-refractivity contribution in [1.82, 2.24) is 0 Å². The van der Waals surface area contributed by atoms with Crippen molar-refractivity contribution in [3.8, 4) is 5.75 Å². The van der Waals surface area contributed by atoms with Gasteiger partial charge in [0.15, 0.2) is 0 Å². The maximum absolute atomic E-state index is 10.9.